The fraction of sp³-hybridized carbons (Fsp3) is 0.364. The van der Waals surface area contributed by atoms with Crippen LogP contribution in [0, 0.1) is 11.6 Å². The second kappa shape index (κ2) is 9.76. The number of hydrogen-bond acceptors (Lipinski definition) is 9. The molecule has 10 nitrogen and oxygen atoms in total. The van der Waals surface area contributed by atoms with Gasteiger partial charge in [-0.2, -0.15) is 0 Å². The van der Waals surface area contributed by atoms with Crippen LogP contribution < -0.4 is 10.5 Å². The van der Waals surface area contributed by atoms with Crippen molar-refractivity contribution in [2.24, 2.45) is 15.7 Å². The third kappa shape index (κ3) is 5.27. The maximum Gasteiger partial charge on any atom is 0.239 e. The second-order valence-electron chi connectivity index (χ2n) is 8.33. The second-order valence-corrected chi connectivity index (χ2v) is 10.3. The molecule has 2 aliphatic rings. The lowest BCUT2D eigenvalue weighted by molar-refractivity contribution is 0.242. The third-order valence-electron chi connectivity index (χ3n) is 5.56. The number of aliphatic imine (C=N–C) groups is 2. The molecule has 0 bridgehead atoms. The van der Waals surface area contributed by atoms with E-state index in [1.807, 2.05) is 0 Å². The van der Waals surface area contributed by atoms with Crippen LogP contribution in [0.5, 0.6) is 5.88 Å². The van der Waals surface area contributed by atoms with Crippen LogP contribution in [0.15, 0.2) is 34.5 Å². The van der Waals surface area contributed by atoms with E-state index < -0.39 is 38.8 Å². The third-order valence-corrected chi connectivity index (χ3v) is 7.51. The molecule has 0 amide bonds. The number of nitrogens with zero attached hydrogens (tertiary/aromatic N) is 5. The van der Waals surface area contributed by atoms with Crippen LogP contribution in [0.2, 0.25) is 0 Å². The Bertz CT molecular complexity index is 1360. The maximum atomic E-state index is 14.9. The number of halogens is 3. The Kier molecular flexibility index (Phi) is 6.89. The Morgan fingerprint density at radius 3 is 2.72 bits per heavy atom. The summed E-state index contributed by atoms with van der Waals surface area (Å²) in [6.07, 6.45) is 4.06. The van der Waals surface area contributed by atoms with Crippen molar-refractivity contribution in [3.05, 3.63) is 53.0 Å². The van der Waals surface area contributed by atoms with E-state index in [1.165, 1.54) is 20.2 Å². The molecule has 0 spiro atoms. The van der Waals surface area contributed by atoms with Crippen molar-refractivity contribution in [1.29, 1.82) is 0 Å². The zero-order valence-corrected chi connectivity index (χ0v) is 20.2. The summed E-state index contributed by atoms with van der Waals surface area (Å²) in [7, 11) is -2.73. The number of hydrogen-bond donors (Lipinski definition) is 1. The minimum Gasteiger partial charge on any atom is -0.478 e. The molecule has 0 fully saturated rings. The molecule has 0 saturated heterocycles. The van der Waals surface area contributed by atoms with Crippen molar-refractivity contribution < 1.29 is 31.1 Å². The summed E-state index contributed by atoms with van der Waals surface area (Å²) in [5.41, 5.74) is 3.31. The quantitative estimate of drug-likeness (QED) is 0.613. The van der Waals surface area contributed by atoms with Gasteiger partial charge < -0.3 is 15.2 Å². The molecule has 14 heteroatoms. The lowest BCUT2D eigenvalue weighted by Gasteiger charge is -2.34. The van der Waals surface area contributed by atoms with Crippen LogP contribution in [0.3, 0.4) is 0 Å². The minimum atomic E-state index is -3.94. The lowest BCUT2D eigenvalue weighted by atomic mass is 9.92. The van der Waals surface area contributed by atoms with Crippen molar-refractivity contribution in [2.75, 3.05) is 32.6 Å². The van der Waals surface area contributed by atoms with Crippen molar-refractivity contribution in [3.8, 4) is 5.88 Å². The molecule has 0 unspecified atom stereocenters. The van der Waals surface area contributed by atoms with Crippen LogP contribution in [-0.2, 0) is 20.3 Å². The fourth-order valence-electron chi connectivity index (χ4n) is 3.63. The van der Waals surface area contributed by atoms with Gasteiger partial charge in [0, 0.05) is 25.6 Å². The van der Waals surface area contributed by atoms with Crippen LogP contribution in [-0.4, -0.2) is 67.1 Å². The van der Waals surface area contributed by atoms with Crippen molar-refractivity contribution in [1.82, 2.24) is 14.3 Å². The topological polar surface area (TPSA) is 132 Å². The van der Waals surface area contributed by atoms with Crippen LogP contribution in [0.25, 0.3) is 11.9 Å². The monoisotopic (exact) mass is 524 g/mol. The van der Waals surface area contributed by atoms with E-state index in [9.17, 15) is 21.6 Å². The molecule has 192 valence electrons. The number of nitrogens with two attached hydrogens (primary N) is 1. The van der Waals surface area contributed by atoms with E-state index >= 15 is 0 Å². The Hall–Kier alpha value is -3.68. The molecule has 0 aliphatic carbocycles. The lowest BCUT2D eigenvalue weighted by Crippen LogP contribution is -2.50. The number of aromatic nitrogens is 2. The first-order chi connectivity index (χ1) is 17.0. The van der Waals surface area contributed by atoms with Crippen LogP contribution >= 0.6 is 0 Å². The van der Waals surface area contributed by atoms with Crippen molar-refractivity contribution >= 4 is 33.8 Å². The predicted molar refractivity (Wildman–Crippen MR) is 126 cm³/mol. The average molecular weight is 525 g/mol. The van der Waals surface area contributed by atoms with Gasteiger partial charge in [0.05, 0.1) is 24.8 Å². The van der Waals surface area contributed by atoms with Gasteiger partial charge in [-0.3, -0.25) is 4.99 Å². The molecule has 1 aromatic carbocycles. The van der Waals surface area contributed by atoms with E-state index in [-0.39, 0.29) is 35.3 Å². The number of ether oxygens (including phenoxy) is 2. The summed E-state index contributed by atoms with van der Waals surface area (Å²) in [5.74, 6) is -3.99. The van der Waals surface area contributed by atoms with E-state index in [2.05, 4.69) is 20.0 Å². The Labute approximate surface area is 205 Å². The Morgan fingerprint density at radius 2 is 2.08 bits per heavy atom. The highest BCUT2D eigenvalue weighted by molar-refractivity contribution is 7.89. The Morgan fingerprint density at radius 1 is 1.31 bits per heavy atom. The van der Waals surface area contributed by atoms with Crippen molar-refractivity contribution in [3.63, 3.8) is 0 Å². The first-order valence-electron chi connectivity index (χ1n) is 10.8. The molecule has 1 aromatic heterocycles. The zero-order chi connectivity index (χ0) is 26.1. The molecule has 0 saturated carbocycles. The summed E-state index contributed by atoms with van der Waals surface area (Å²) in [6, 6.07) is 1.89. The average Bonchev–Trinajstić information content (AvgIpc) is 2.84. The molecule has 4 rings (SSSR count). The van der Waals surface area contributed by atoms with Crippen molar-refractivity contribution in [2.45, 2.75) is 18.9 Å². The van der Waals surface area contributed by atoms with Gasteiger partial charge in [-0.05, 0) is 30.7 Å². The molecule has 36 heavy (non-hydrogen) atoms. The first kappa shape index (κ1) is 25.4. The molecule has 1 atom stereocenters. The van der Waals surface area contributed by atoms with E-state index in [1.54, 1.807) is 0 Å². The summed E-state index contributed by atoms with van der Waals surface area (Å²) in [5, 5.41) is 0. The van der Waals surface area contributed by atoms with E-state index in [0.717, 1.165) is 35.1 Å². The summed E-state index contributed by atoms with van der Waals surface area (Å²) in [4.78, 5) is 16.1. The van der Waals surface area contributed by atoms with E-state index in [4.69, 9.17) is 15.2 Å². The highest BCUT2D eigenvalue weighted by Crippen LogP contribution is 2.35. The largest absolute Gasteiger partial charge is 0.478 e. The van der Waals surface area contributed by atoms with Gasteiger partial charge in [0.15, 0.2) is 24.1 Å². The summed E-state index contributed by atoms with van der Waals surface area (Å²) >= 11 is 0. The normalized spacial score (nSPS) is 21.9. The number of sulfonamides is 1. The Balaban J connectivity index is 1.58. The van der Waals surface area contributed by atoms with E-state index in [0.29, 0.717) is 19.0 Å². The molecule has 2 N–H and O–H groups in total. The molecular formula is C22H23F3N6O4S. The van der Waals surface area contributed by atoms with Crippen LogP contribution in [0.1, 0.15) is 30.2 Å². The molecule has 2 aromatic rings. The molecule has 3 heterocycles. The summed E-state index contributed by atoms with van der Waals surface area (Å²) in [6.45, 7) is 2.57. The summed E-state index contributed by atoms with van der Waals surface area (Å²) < 4.78 is 80.4. The standard InChI is InChI=1S/C22H23F3N6O4S/c1-22(12-36(32,33)31(2)21(26)30-22)14-6-13(8-16(24)20(14)25)7-15(23)17-9-29-18(10-28-17)35-11-19-27-4-3-5-34-19/h6-10H,3-5,11-12H2,1-2H3,(H2,26,30)/b15-7-/t22-/m0/s1. The molecule has 2 aliphatic heterocycles. The fourth-order valence-corrected chi connectivity index (χ4v) is 5.08. The smallest absolute Gasteiger partial charge is 0.239 e. The molecular weight excluding hydrogens is 501 g/mol. The maximum absolute atomic E-state index is 14.9. The number of rotatable bonds is 6. The van der Waals surface area contributed by atoms with Gasteiger partial charge >= 0.3 is 0 Å². The number of benzene rings is 1. The van der Waals surface area contributed by atoms with Gasteiger partial charge in [0.1, 0.15) is 11.2 Å². The minimum absolute atomic E-state index is 0.0568. The highest BCUT2D eigenvalue weighted by atomic mass is 32.2. The van der Waals surface area contributed by atoms with Gasteiger partial charge in [-0.25, -0.2) is 40.9 Å². The van der Waals surface area contributed by atoms with Crippen LogP contribution in [0.4, 0.5) is 13.2 Å². The zero-order valence-electron chi connectivity index (χ0n) is 19.4. The highest BCUT2D eigenvalue weighted by Gasteiger charge is 2.42. The SMILES string of the molecule is CN1C(N)=N[C@](C)(c2cc(/C=C(\F)c3cnc(OCC4=NCCCO4)cn3)cc(F)c2F)CS1(=O)=O. The number of guanidine groups is 1. The van der Waals surface area contributed by atoms with Gasteiger partial charge in [0.25, 0.3) is 0 Å². The first-order valence-corrected chi connectivity index (χ1v) is 12.4. The predicted octanol–water partition coefficient (Wildman–Crippen LogP) is 2.23. The van der Waals surface area contributed by atoms with Gasteiger partial charge in [-0.1, -0.05) is 0 Å². The van der Waals surface area contributed by atoms with Gasteiger partial charge in [-0.15, -0.1) is 0 Å². The van der Waals surface area contributed by atoms with Gasteiger partial charge in [0.2, 0.25) is 27.8 Å². The molecule has 0 radical (unpaired) electrons.